The van der Waals surface area contributed by atoms with Crippen LogP contribution in [0.15, 0.2) is 52.7 Å². The van der Waals surface area contributed by atoms with Gasteiger partial charge in [0.15, 0.2) is 0 Å². The first-order valence-corrected chi connectivity index (χ1v) is 10.2. The number of hydrogen-bond acceptors (Lipinski definition) is 6. The fraction of sp³-hybridized carbons (Fsp3) is 0.250. The van der Waals surface area contributed by atoms with E-state index in [0.29, 0.717) is 16.9 Å². The summed E-state index contributed by atoms with van der Waals surface area (Å²) >= 11 is 1.11. The van der Waals surface area contributed by atoms with Crippen LogP contribution in [0.4, 0.5) is 22.0 Å². The predicted octanol–water partition coefficient (Wildman–Crippen LogP) is 5.43. The average Bonchev–Trinajstić information content (AvgIpc) is 3.19. The van der Waals surface area contributed by atoms with Crippen molar-refractivity contribution in [1.82, 2.24) is 14.9 Å². The molecule has 6 nitrogen and oxygen atoms in total. The van der Waals surface area contributed by atoms with Crippen LogP contribution in [0.25, 0.3) is 0 Å². The minimum Gasteiger partial charge on any atom is -0.496 e. The largest absolute Gasteiger partial charge is 0.496 e. The number of alkyl halides is 5. The number of thioether (sulfide) groups is 1. The highest BCUT2D eigenvalue weighted by atomic mass is 32.2. The molecule has 0 atom stereocenters. The molecular weight excluding hydrogens is 455 g/mol. The smallest absolute Gasteiger partial charge is 0.416 e. The standard InChI is InChI=1S/C20H17F5N4O2S/c1-30-16-7-6-12(10-26-29-18(17(21)22)27-28-19(29)32-2)8-13(16)11-31-15-5-3-4-14(9-15)20(23,24)25/h3-10,17H,11H2,1-2H3/b26-10+. The summed E-state index contributed by atoms with van der Waals surface area (Å²) < 4.78 is 76.6. The van der Waals surface area contributed by atoms with Crippen molar-refractivity contribution in [2.75, 3.05) is 13.4 Å². The number of benzene rings is 2. The normalized spacial score (nSPS) is 12.0. The second kappa shape index (κ2) is 9.98. The van der Waals surface area contributed by atoms with Gasteiger partial charge in [-0.2, -0.15) is 22.9 Å². The van der Waals surface area contributed by atoms with Crippen LogP contribution in [-0.4, -0.2) is 34.5 Å². The molecule has 0 N–H and O–H groups in total. The van der Waals surface area contributed by atoms with E-state index in [1.165, 1.54) is 25.5 Å². The number of aromatic nitrogens is 3. The van der Waals surface area contributed by atoms with Crippen LogP contribution in [0.1, 0.15) is 28.9 Å². The molecule has 0 aliphatic carbocycles. The van der Waals surface area contributed by atoms with E-state index in [1.54, 1.807) is 24.5 Å². The van der Waals surface area contributed by atoms with Gasteiger partial charge in [0.1, 0.15) is 18.1 Å². The Hall–Kier alpha value is -3.15. The third-order valence-corrected chi connectivity index (χ3v) is 4.82. The molecule has 0 saturated carbocycles. The fourth-order valence-corrected chi connectivity index (χ4v) is 3.12. The number of methoxy groups -OCH3 is 1. The maximum atomic E-state index is 13.1. The summed E-state index contributed by atoms with van der Waals surface area (Å²) in [4.78, 5) is 0. The summed E-state index contributed by atoms with van der Waals surface area (Å²) in [6, 6.07) is 9.40. The molecule has 12 heteroatoms. The van der Waals surface area contributed by atoms with Gasteiger partial charge in [0, 0.05) is 5.56 Å². The van der Waals surface area contributed by atoms with E-state index >= 15 is 0 Å². The van der Waals surface area contributed by atoms with Crippen molar-refractivity contribution in [3.05, 3.63) is 65.0 Å². The lowest BCUT2D eigenvalue weighted by molar-refractivity contribution is -0.137. The van der Waals surface area contributed by atoms with Crippen LogP contribution in [0.3, 0.4) is 0 Å². The lowest BCUT2D eigenvalue weighted by Crippen LogP contribution is -2.05. The van der Waals surface area contributed by atoms with Gasteiger partial charge in [0.05, 0.1) is 18.9 Å². The molecule has 2 aromatic carbocycles. The molecule has 1 aromatic heterocycles. The Bertz CT molecular complexity index is 1100. The average molecular weight is 472 g/mol. The lowest BCUT2D eigenvalue weighted by Gasteiger charge is -2.13. The van der Waals surface area contributed by atoms with E-state index in [2.05, 4.69) is 15.3 Å². The molecule has 3 aromatic rings. The van der Waals surface area contributed by atoms with Crippen LogP contribution < -0.4 is 9.47 Å². The Labute approximate surface area is 184 Å². The van der Waals surface area contributed by atoms with Crippen molar-refractivity contribution in [1.29, 1.82) is 0 Å². The van der Waals surface area contributed by atoms with Gasteiger partial charge in [0.25, 0.3) is 6.43 Å². The number of ether oxygens (including phenoxy) is 2. The Balaban J connectivity index is 1.83. The fourth-order valence-electron chi connectivity index (χ4n) is 2.69. The van der Waals surface area contributed by atoms with Gasteiger partial charge in [-0.25, -0.2) is 8.78 Å². The maximum Gasteiger partial charge on any atom is 0.416 e. The summed E-state index contributed by atoms with van der Waals surface area (Å²) in [6.07, 6.45) is -4.35. The topological polar surface area (TPSA) is 61.5 Å². The highest BCUT2D eigenvalue weighted by Gasteiger charge is 2.30. The van der Waals surface area contributed by atoms with E-state index in [9.17, 15) is 22.0 Å². The zero-order valence-corrected chi connectivity index (χ0v) is 17.6. The van der Waals surface area contributed by atoms with Crippen molar-refractivity contribution < 1.29 is 31.4 Å². The molecule has 170 valence electrons. The highest BCUT2D eigenvalue weighted by molar-refractivity contribution is 7.98. The summed E-state index contributed by atoms with van der Waals surface area (Å²) in [5.41, 5.74) is 0.224. The summed E-state index contributed by atoms with van der Waals surface area (Å²) in [5, 5.41) is 11.3. The van der Waals surface area contributed by atoms with Gasteiger partial charge in [-0.05, 0) is 48.2 Å². The zero-order valence-electron chi connectivity index (χ0n) is 16.8. The van der Waals surface area contributed by atoms with Crippen LogP contribution in [0.5, 0.6) is 11.5 Å². The summed E-state index contributed by atoms with van der Waals surface area (Å²) in [6.45, 7) is -0.0862. The Morgan fingerprint density at radius 1 is 1.16 bits per heavy atom. The molecule has 0 radical (unpaired) electrons. The van der Waals surface area contributed by atoms with Gasteiger partial charge in [-0.3, -0.25) is 0 Å². The number of halogens is 5. The molecule has 0 spiro atoms. The molecule has 0 unspecified atom stereocenters. The Morgan fingerprint density at radius 2 is 1.94 bits per heavy atom. The quantitative estimate of drug-likeness (QED) is 0.249. The molecule has 32 heavy (non-hydrogen) atoms. The SMILES string of the molecule is COc1ccc(/C=N/n2c(SC)nnc2C(F)F)cc1COc1cccc(C(F)(F)F)c1. The van der Waals surface area contributed by atoms with E-state index in [0.717, 1.165) is 28.6 Å². The molecule has 1 heterocycles. The molecule has 0 fully saturated rings. The summed E-state index contributed by atoms with van der Waals surface area (Å²) in [7, 11) is 1.44. The second-order valence-corrected chi connectivity index (χ2v) is 7.06. The Kier molecular flexibility index (Phi) is 7.33. The Morgan fingerprint density at radius 3 is 2.59 bits per heavy atom. The molecule has 0 aliphatic heterocycles. The third-order valence-electron chi connectivity index (χ3n) is 4.20. The van der Waals surface area contributed by atoms with E-state index in [4.69, 9.17) is 9.47 Å². The highest BCUT2D eigenvalue weighted by Crippen LogP contribution is 2.32. The van der Waals surface area contributed by atoms with Crippen LogP contribution in [0.2, 0.25) is 0 Å². The van der Waals surface area contributed by atoms with Crippen molar-refractivity contribution in [3.8, 4) is 11.5 Å². The van der Waals surface area contributed by atoms with Crippen LogP contribution in [-0.2, 0) is 12.8 Å². The zero-order chi connectivity index (χ0) is 23.3. The van der Waals surface area contributed by atoms with Crippen molar-refractivity contribution >= 4 is 18.0 Å². The number of nitrogens with zero attached hydrogens (tertiary/aromatic N) is 4. The van der Waals surface area contributed by atoms with Crippen LogP contribution in [0, 0.1) is 0 Å². The maximum absolute atomic E-state index is 13.1. The molecular formula is C20H17F5N4O2S. The van der Waals surface area contributed by atoms with Crippen molar-refractivity contribution in [2.24, 2.45) is 5.10 Å². The lowest BCUT2D eigenvalue weighted by atomic mass is 10.1. The molecule has 0 amide bonds. The van der Waals surface area contributed by atoms with Crippen molar-refractivity contribution in [2.45, 2.75) is 24.4 Å². The minimum absolute atomic E-state index is 0.0385. The summed E-state index contributed by atoms with van der Waals surface area (Å²) in [5.74, 6) is -0.111. The molecule has 0 saturated heterocycles. The van der Waals surface area contributed by atoms with E-state index < -0.39 is 24.0 Å². The van der Waals surface area contributed by atoms with Crippen molar-refractivity contribution in [3.63, 3.8) is 0 Å². The monoisotopic (exact) mass is 472 g/mol. The van der Waals surface area contributed by atoms with Gasteiger partial charge in [0.2, 0.25) is 11.0 Å². The third kappa shape index (κ3) is 5.55. The second-order valence-electron chi connectivity index (χ2n) is 6.29. The molecule has 0 bridgehead atoms. The van der Waals surface area contributed by atoms with Gasteiger partial charge in [-0.1, -0.05) is 17.8 Å². The molecule has 0 aliphatic rings. The van der Waals surface area contributed by atoms with E-state index in [-0.39, 0.29) is 17.5 Å². The number of rotatable bonds is 8. The van der Waals surface area contributed by atoms with Gasteiger partial charge in [-0.15, -0.1) is 10.2 Å². The number of hydrogen-bond donors (Lipinski definition) is 0. The van der Waals surface area contributed by atoms with Gasteiger partial charge >= 0.3 is 6.18 Å². The first-order chi connectivity index (χ1) is 15.2. The van der Waals surface area contributed by atoms with Crippen LogP contribution >= 0.6 is 11.8 Å². The predicted molar refractivity (Wildman–Crippen MR) is 109 cm³/mol. The van der Waals surface area contributed by atoms with Gasteiger partial charge < -0.3 is 9.47 Å². The first kappa shape index (κ1) is 23.5. The first-order valence-electron chi connectivity index (χ1n) is 9.01. The van der Waals surface area contributed by atoms with E-state index in [1.807, 2.05) is 0 Å². The molecule has 3 rings (SSSR count). The minimum atomic E-state index is -4.48.